The minimum absolute atomic E-state index is 0.403. The Balaban J connectivity index is 3.67. The van der Waals surface area contributed by atoms with Gasteiger partial charge >= 0.3 is 5.97 Å². The molecule has 0 amide bonds. The smallest absolute Gasteiger partial charge is 0.331 e. The van der Waals surface area contributed by atoms with E-state index in [1.165, 1.54) is 0 Å². The molecule has 0 unspecified atom stereocenters. The lowest BCUT2D eigenvalue weighted by Gasteiger charge is -1.96. The third-order valence-electron chi connectivity index (χ3n) is 2.04. The van der Waals surface area contributed by atoms with Crippen molar-refractivity contribution < 1.29 is 19.4 Å². The summed E-state index contributed by atoms with van der Waals surface area (Å²) in [6, 6.07) is 0. The van der Waals surface area contributed by atoms with Crippen molar-refractivity contribution in [2.24, 2.45) is 0 Å². The monoisotopic (exact) mass is 226 g/mol. The number of aliphatic carboxylic acids is 1. The summed E-state index contributed by atoms with van der Waals surface area (Å²) in [7, 11) is 0. The van der Waals surface area contributed by atoms with Crippen LogP contribution in [0.4, 0.5) is 0 Å². The molecule has 0 saturated heterocycles. The lowest BCUT2D eigenvalue weighted by Crippen LogP contribution is -1.97. The van der Waals surface area contributed by atoms with Crippen molar-refractivity contribution in [2.75, 3.05) is 6.61 Å². The SMILES string of the molecule is CC/C(=C\C=C\CCCCOC=O)C(=O)O. The molecule has 0 bridgehead atoms. The second-order valence-electron chi connectivity index (χ2n) is 3.24. The molecule has 0 aliphatic heterocycles. The van der Waals surface area contributed by atoms with Crippen LogP contribution >= 0.6 is 0 Å². The molecule has 0 aromatic heterocycles. The molecule has 4 heteroatoms. The molecule has 90 valence electrons. The van der Waals surface area contributed by atoms with Gasteiger partial charge in [-0.2, -0.15) is 0 Å². The summed E-state index contributed by atoms with van der Waals surface area (Å²) >= 11 is 0. The largest absolute Gasteiger partial charge is 0.478 e. The van der Waals surface area contributed by atoms with Gasteiger partial charge < -0.3 is 9.84 Å². The number of carbonyl (C=O) groups excluding carboxylic acids is 1. The van der Waals surface area contributed by atoms with E-state index in [1.54, 1.807) is 12.2 Å². The zero-order valence-electron chi connectivity index (χ0n) is 9.52. The van der Waals surface area contributed by atoms with E-state index in [2.05, 4.69) is 4.74 Å². The highest BCUT2D eigenvalue weighted by atomic mass is 16.5. The Kier molecular flexibility index (Phi) is 8.97. The van der Waals surface area contributed by atoms with Gasteiger partial charge in [0.15, 0.2) is 0 Å². The highest BCUT2D eigenvalue weighted by Gasteiger charge is 2.00. The molecule has 16 heavy (non-hydrogen) atoms. The lowest BCUT2D eigenvalue weighted by molar-refractivity contribution is -0.132. The van der Waals surface area contributed by atoms with Gasteiger partial charge in [0.05, 0.1) is 6.61 Å². The summed E-state index contributed by atoms with van der Waals surface area (Å²) < 4.78 is 4.53. The first-order chi connectivity index (χ1) is 7.72. The predicted octanol–water partition coefficient (Wildman–Crippen LogP) is 2.31. The van der Waals surface area contributed by atoms with Crippen molar-refractivity contribution in [1.29, 1.82) is 0 Å². The van der Waals surface area contributed by atoms with Gasteiger partial charge in [-0.3, -0.25) is 4.79 Å². The van der Waals surface area contributed by atoms with E-state index in [9.17, 15) is 9.59 Å². The fourth-order valence-corrected chi connectivity index (χ4v) is 1.12. The van der Waals surface area contributed by atoms with Crippen LogP contribution in [0.25, 0.3) is 0 Å². The summed E-state index contributed by atoms with van der Waals surface area (Å²) in [5, 5.41) is 8.72. The maximum absolute atomic E-state index is 10.6. The van der Waals surface area contributed by atoms with Crippen molar-refractivity contribution in [2.45, 2.75) is 32.6 Å². The van der Waals surface area contributed by atoms with Gasteiger partial charge in [0.1, 0.15) is 0 Å². The molecule has 0 aliphatic rings. The summed E-state index contributed by atoms with van der Waals surface area (Å²) in [5.41, 5.74) is 0.403. The van der Waals surface area contributed by atoms with Crippen LogP contribution in [0.5, 0.6) is 0 Å². The predicted molar refractivity (Wildman–Crippen MR) is 61.0 cm³/mol. The number of unbranched alkanes of at least 4 members (excludes halogenated alkanes) is 2. The third kappa shape index (κ3) is 7.79. The van der Waals surface area contributed by atoms with E-state index in [0.717, 1.165) is 19.3 Å². The zero-order valence-corrected chi connectivity index (χ0v) is 9.52. The second kappa shape index (κ2) is 9.96. The molecule has 0 heterocycles. The van der Waals surface area contributed by atoms with Crippen molar-refractivity contribution in [3.05, 3.63) is 23.8 Å². The van der Waals surface area contributed by atoms with Crippen LogP contribution < -0.4 is 0 Å². The molecular formula is C12H18O4. The number of carboxylic acid groups (broad SMARTS) is 1. The molecule has 1 N–H and O–H groups in total. The number of carboxylic acids is 1. The molecule has 0 saturated carbocycles. The number of carbonyl (C=O) groups is 2. The van der Waals surface area contributed by atoms with E-state index in [4.69, 9.17) is 5.11 Å². The average Bonchev–Trinajstić information content (AvgIpc) is 2.26. The van der Waals surface area contributed by atoms with Crippen LogP contribution in [-0.4, -0.2) is 24.2 Å². The van der Waals surface area contributed by atoms with E-state index in [-0.39, 0.29) is 0 Å². The Morgan fingerprint density at radius 3 is 2.69 bits per heavy atom. The summed E-state index contributed by atoms with van der Waals surface area (Å²) in [6.07, 6.45) is 8.42. The Hall–Kier alpha value is -1.58. The fraction of sp³-hybridized carbons (Fsp3) is 0.500. The van der Waals surface area contributed by atoms with Crippen molar-refractivity contribution in [3.8, 4) is 0 Å². The van der Waals surface area contributed by atoms with Crippen LogP contribution in [0.15, 0.2) is 23.8 Å². The number of hydrogen-bond acceptors (Lipinski definition) is 3. The Morgan fingerprint density at radius 1 is 1.38 bits per heavy atom. The minimum Gasteiger partial charge on any atom is -0.478 e. The molecule has 0 aliphatic carbocycles. The Morgan fingerprint density at radius 2 is 2.12 bits per heavy atom. The number of hydrogen-bond donors (Lipinski definition) is 1. The molecule has 0 aromatic rings. The average molecular weight is 226 g/mol. The Bertz CT molecular complexity index is 266. The maximum atomic E-state index is 10.6. The maximum Gasteiger partial charge on any atom is 0.331 e. The molecule has 4 nitrogen and oxygen atoms in total. The first-order valence-electron chi connectivity index (χ1n) is 5.36. The van der Waals surface area contributed by atoms with Gasteiger partial charge in [-0.25, -0.2) is 4.79 Å². The van der Waals surface area contributed by atoms with Gasteiger partial charge in [0.2, 0.25) is 0 Å². The minimum atomic E-state index is -0.869. The number of ether oxygens (including phenoxy) is 1. The fourth-order valence-electron chi connectivity index (χ4n) is 1.12. The molecule has 0 rings (SSSR count). The van der Waals surface area contributed by atoms with Crippen LogP contribution in [0.2, 0.25) is 0 Å². The van der Waals surface area contributed by atoms with E-state index in [0.29, 0.717) is 25.1 Å². The van der Waals surface area contributed by atoms with Crippen LogP contribution in [0.1, 0.15) is 32.6 Å². The molecule has 0 aromatic carbocycles. The van der Waals surface area contributed by atoms with Gasteiger partial charge in [-0.1, -0.05) is 25.2 Å². The molecule has 0 fully saturated rings. The number of allylic oxidation sites excluding steroid dienone is 3. The molecular weight excluding hydrogens is 208 g/mol. The Labute approximate surface area is 95.6 Å². The van der Waals surface area contributed by atoms with Crippen LogP contribution in [-0.2, 0) is 14.3 Å². The standard InChI is InChI=1S/C12H18O4/c1-2-11(12(14)15)8-6-4-3-5-7-9-16-10-13/h4,6,8,10H,2-3,5,7,9H2,1H3,(H,14,15)/b6-4+,11-8+. The van der Waals surface area contributed by atoms with Crippen LogP contribution in [0, 0.1) is 0 Å². The normalized spacial score (nSPS) is 11.7. The van der Waals surface area contributed by atoms with Crippen LogP contribution in [0.3, 0.4) is 0 Å². The molecule has 0 spiro atoms. The topological polar surface area (TPSA) is 63.6 Å². The highest BCUT2D eigenvalue weighted by molar-refractivity contribution is 5.86. The van der Waals surface area contributed by atoms with Crippen molar-refractivity contribution in [3.63, 3.8) is 0 Å². The van der Waals surface area contributed by atoms with Crippen molar-refractivity contribution >= 4 is 12.4 Å². The highest BCUT2D eigenvalue weighted by Crippen LogP contribution is 2.02. The first-order valence-corrected chi connectivity index (χ1v) is 5.36. The van der Waals surface area contributed by atoms with Gasteiger partial charge in [0, 0.05) is 5.57 Å². The second-order valence-corrected chi connectivity index (χ2v) is 3.24. The van der Waals surface area contributed by atoms with E-state index >= 15 is 0 Å². The van der Waals surface area contributed by atoms with Gasteiger partial charge in [-0.05, 0) is 25.7 Å². The third-order valence-corrected chi connectivity index (χ3v) is 2.04. The van der Waals surface area contributed by atoms with E-state index in [1.807, 2.05) is 13.0 Å². The summed E-state index contributed by atoms with van der Waals surface area (Å²) in [4.78, 5) is 20.4. The van der Waals surface area contributed by atoms with E-state index < -0.39 is 5.97 Å². The molecule has 0 radical (unpaired) electrons. The quantitative estimate of drug-likeness (QED) is 0.283. The van der Waals surface area contributed by atoms with Gasteiger partial charge in [0.25, 0.3) is 6.47 Å². The summed E-state index contributed by atoms with van der Waals surface area (Å²) in [6.45, 7) is 2.70. The summed E-state index contributed by atoms with van der Waals surface area (Å²) in [5.74, 6) is -0.869. The number of rotatable bonds is 9. The zero-order chi connectivity index (χ0) is 12.2. The first kappa shape index (κ1) is 14.4. The lowest BCUT2D eigenvalue weighted by atomic mass is 10.2. The molecule has 0 atom stereocenters. The van der Waals surface area contributed by atoms with Gasteiger partial charge in [-0.15, -0.1) is 0 Å². The van der Waals surface area contributed by atoms with Crippen molar-refractivity contribution in [1.82, 2.24) is 0 Å².